The number of nitrogens with two attached hydrogens (primary N) is 1. The summed E-state index contributed by atoms with van der Waals surface area (Å²) in [6.45, 7) is 4.66. The number of esters is 1. The van der Waals surface area contributed by atoms with Crippen molar-refractivity contribution in [2.24, 2.45) is 5.16 Å². The summed E-state index contributed by atoms with van der Waals surface area (Å²) in [5.41, 5.74) is 8.00. The molecule has 2 amide bonds. The van der Waals surface area contributed by atoms with Crippen LogP contribution < -0.4 is 11.1 Å². The van der Waals surface area contributed by atoms with Crippen molar-refractivity contribution in [1.29, 1.82) is 0 Å². The van der Waals surface area contributed by atoms with Crippen molar-refractivity contribution < 1.29 is 38.2 Å². The van der Waals surface area contributed by atoms with Crippen molar-refractivity contribution in [1.82, 2.24) is 20.2 Å². The molecule has 2 aromatic heterocycles. The van der Waals surface area contributed by atoms with Crippen molar-refractivity contribution in [3.05, 3.63) is 166 Å². The number of β-lactam (4-membered cyclic amide) rings is 1. The van der Waals surface area contributed by atoms with Crippen LogP contribution in [0.1, 0.15) is 48.7 Å². The predicted octanol–water partition coefficient (Wildman–Crippen LogP) is 6.65. The third-order valence-corrected chi connectivity index (χ3v) is 11.3. The molecule has 0 bridgehead atoms. The second kappa shape index (κ2) is 18.4. The number of ether oxygens (including phenoxy) is 3. The molecule has 1 fully saturated rings. The van der Waals surface area contributed by atoms with Gasteiger partial charge in [0.1, 0.15) is 22.8 Å². The number of benzene rings is 3. The Morgan fingerprint density at radius 2 is 1.52 bits per heavy atom. The van der Waals surface area contributed by atoms with Gasteiger partial charge in [0.25, 0.3) is 11.8 Å². The van der Waals surface area contributed by atoms with E-state index in [2.05, 4.69) is 20.4 Å². The lowest BCUT2D eigenvalue weighted by Crippen LogP contribution is -2.71. The van der Waals surface area contributed by atoms with Gasteiger partial charge in [0.2, 0.25) is 11.9 Å². The lowest BCUT2D eigenvalue weighted by Gasteiger charge is -2.49. The molecule has 5 aromatic rings. The Balaban J connectivity index is 1.20. The summed E-state index contributed by atoms with van der Waals surface area (Å²) in [5, 5.41) is 8.41. The van der Waals surface area contributed by atoms with Crippen LogP contribution in [0.5, 0.6) is 0 Å². The van der Waals surface area contributed by atoms with Gasteiger partial charge in [-0.1, -0.05) is 114 Å². The van der Waals surface area contributed by atoms with E-state index in [-0.39, 0.29) is 28.0 Å². The number of hydrogen-bond acceptors (Lipinski definition) is 14. The van der Waals surface area contributed by atoms with Gasteiger partial charge in [-0.15, -0.1) is 23.1 Å². The molecule has 1 saturated heterocycles. The fourth-order valence-corrected chi connectivity index (χ4v) is 8.49. The predicted molar refractivity (Wildman–Crippen MR) is 227 cm³/mol. The van der Waals surface area contributed by atoms with Gasteiger partial charge in [-0.05, 0) is 31.1 Å². The van der Waals surface area contributed by atoms with E-state index in [9.17, 15) is 19.2 Å². The molecule has 0 spiro atoms. The average Bonchev–Trinajstić information content (AvgIpc) is 3.69. The number of oxime groups is 1. The van der Waals surface area contributed by atoms with Crippen LogP contribution in [0.3, 0.4) is 0 Å². The van der Waals surface area contributed by atoms with Crippen LogP contribution in [-0.4, -0.2) is 74.1 Å². The highest BCUT2D eigenvalue weighted by Gasteiger charge is 2.55. The maximum absolute atomic E-state index is 14.4. The number of nitrogen functional groups attached to an aromatic ring is 1. The van der Waals surface area contributed by atoms with Gasteiger partial charge in [-0.2, -0.15) is 0 Å². The fraction of sp³-hybridized carbons (Fsp3) is 0.205. The number of fused-ring (bicyclic) bond motifs is 1. The molecule has 16 heteroatoms. The zero-order valence-corrected chi connectivity index (χ0v) is 34.3. The van der Waals surface area contributed by atoms with Gasteiger partial charge in [-0.25, -0.2) is 14.6 Å². The van der Waals surface area contributed by atoms with Crippen molar-refractivity contribution in [3.63, 3.8) is 0 Å². The summed E-state index contributed by atoms with van der Waals surface area (Å²) in [5.74, 6) is -2.00. The van der Waals surface area contributed by atoms with E-state index in [0.717, 1.165) is 33.6 Å². The highest BCUT2D eigenvalue weighted by Crippen LogP contribution is 2.43. The number of allylic oxidation sites excluding steroid dienone is 1. The van der Waals surface area contributed by atoms with E-state index in [1.54, 1.807) is 49.8 Å². The minimum absolute atomic E-state index is 0.0649. The van der Waals surface area contributed by atoms with E-state index >= 15 is 0 Å². The molecule has 14 nitrogen and oxygen atoms in total. The number of carbonyl (C=O) groups is 4. The molecule has 3 N–H and O–H groups in total. The van der Waals surface area contributed by atoms with E-state index in [0.29, 0.717) is 5.57 Å². The highest BCUT2D eigenvalue weighted by atomic mass is 32.2. The Bertz CT molecular complexity index is 2330. The first kappa shape index (κ1) is 41.4. The fourth-order valence-electron chi connectivity index (χ4n) is 6.62. The van der Waals surface area contributed by atoms with Crippen molar-refractivity contribution in [3.8, 4) is 0 Å². The van der Waals surface area contributed by atoms with Gasteiger partial charge >= 0.3 is 12.1 Å². The minimum Gasteiger partial charge on any atom is -0.431 e. The Morgan fingerprint density at radius 1 is 0.883 bits per heavy atom. The second-order valence-corrected chi connectivity index (χ2v) is 15.7. The van der Waals surface area contributed by atoms with Crippen LogP contribution in [0, 0.1) is 0 Å². The molecule has 4 heterocycles. The molecule has 2 aliphatic heterocycles. The van der Waals surface area contributed by atoms with Gasteiger partial charge in [0, 0.05) is 47.1 Å². The van der Waals surface area contributed by atoms with E-state index in [1.807, 2.05) is 97.1 Å². The first-order valence-electron chi connectivity index (χ1n) is 18.8. The SMILES string of the molecule is CC(C)OC(=O)OC(C)OC(=O)C1=C(/C=C\c2cccnc2)CS[C@H]2[C@H](NC(=O)C(=NOC(c3ccccc3)(c3ccccc3)c3ccccc3)c3csc(N)n3)C(=O)N12. The van der Waals surface area contributed by atoms with Crippen LogP contribution in [0.15, 0.2) is 143 Å². The lowest BCUT2D eigenvalue weighted by atomic mass is 9.80. The van der Waals surface area contributed by atoms with Crippen LogP contribution >= 0.6 is 23.1 Å². The molecule has 0 radical (unpaired) electrons. The van der Waals surface area contributed by atoms with Crippen LogP contribution in [0.25, 0.3) is 6.08 Å². The third-order valence-electron chi connectivity index (χ3n) is 9.30. The maximum Gasteiger partial charge on any atom is 0.511 e. The first-order chi connectivity index (χ1) is 29.0. The number of thiazole rings is 1. The van der Waals surface area contributed by atoms with Crippen molar-refractivity contribution in [2.75, 3.05) is 11.5 Å². The third kappa shape index (κ3) is 8.94. The molecule has 0 saturated carbocycles. The number of nitrogens with one attached hydrogen (secondary N) is 1. The molecule has 7 rings (SSSR count). The largest absolute Gasteiger partial charge is 0.511 e. The van der Waals surface area contributed by atoms with Crippen LogP contribution in [0.2, 0.25) is 0 Å². The molecular weight excluding hydrogens is 805 g/mol. The van der Waals surface area contributed by atoms with Crippen LogP contribution in [-0.2, 0) is 39.0 Å². The van der Waals surface area contributed by atoms with Crippen molar-refractivity contribution in [2.45, 2.75) is 50.2 Å². The number of amides is 2. The first-order valence-corrected chi connectivity index (χ1v) is 20.8. The monoisotopic (exact) mass is 844 g/mol. The van der Waals surface area contributed by atoms with Gasteiger partial charge in [0.15, 0.2) is 10.8 Å². The Labute approximate surface area is 354 Å². The zero-order chi connectivity index (χ0) is 42.2. The molecule has 0 aliphatic carbocycles. The summed E-state index contributed by atoms with van der Waals surface area (Å²) in [4.78, 5) is 70.9. The Kier molecular flexibility index (Phi) is 12.7. The number of hydrogen-bond donors (Lipinski definition) is 2. The molecule has 2 aliphatic rings. The van der Waals surface area contributed by atoms with Crippen LogP contribution in [0.4, 0.5) is 9.93 Å². The summed E-state index contributed by atoms with van der Waals surface area (Å²) >= 11 is 2.45. The summed E-state index contributed by atoms with van der Waals surface area (Å²) in [6.07, 6.45) is 3.90. The van der Waals surface area contributed by atoms with E-state index in [1.165, 1.54) is 23.6 Å². The molecular formula is C44H40N6O8S2. The van der Waals surface area contributed by atoms with E-state index < -0.39 is 53.3 Å². The minimum atomic E-state index is -1.35. The number of thioether (sulfide) groups is 1. The standard InChI is InChI=1S/C44H40N6O8S2/c1-27(2)55-43(54)57-28(3)56-41(53)37-30(22-21-29-14-13-23-46-24-29)25-59-40-36(39(52)50(37)40)48-38(51)35(34-26-60-42(45)47-34)49-58-44(31-15-7-4-8-16-31,32-17-9-5-10-18-32)33-19-11-6-12-20-33/h4-24,26-28,36,40H,25H2,1-3H3,(H2,45,47)(H,48,51)/b22-21-,49-35?/t28?,36-,40+/m1/s1. The normalized spacial score (nSPS) is 17.1. The second-order valence-electron chi connectivity index (χ2n) is 13.7. The number of nitrogens with zero attached hydrogens (tertiary/aromatic N) is 4. The lowest BCUT2D eigenvalue weighted by molar-refractivity contribution is -0.169. The molecule has 306 valence electrons. The number of rotatable bonds is 14. The highest BCUT2D eigenvalue weighted by molar-refractivity contribution is 8.00. The average molecular weight is 845 g/mol. The summed E-state index contributed by atoms with van der Waals surface area (Å²) < 4.78 is 15.6. The van der Waals surface area contributed by atoms with Gasteiger partial charge in [-0.3, -0.25) is 19.5 Å². The maximum atomic E-state index is 14.4. The van der Waals surface area contributed by atoms with Crippen molar-refractivity contribution >= 4 is 64.0 Å². The summed E-state index contributed by atoms with van der Waals surface area (Å²) in [7, 11) is 0. The van der Waals surface area contributed by atoms with Gasteiger partial charge < -0.3 is 30.1 Å². The number of anilines is 1. The zero-order valence-electron chi connectivity index (χ0n) is 32.7. The molecule has 60 heavy (non-hydrogen) atoms. The number of pyridine rings is 1. The number of aromatic nitrogens is 2. The Morgan fingerprint density at radius 3 is 2.07 bits per heavy atom. The quantitative estimate of drug-likeness (QED) is 0.0303. The Hall–Kier alpha value is -6.78. The molecule has 3 atom stereocenters. The summed E-state index contributed by atoms with van der Waals surface area (Å²) in [6, 6.07) is 31.0. The number of carbonyl (C=O) groups excluding carboxylic acids is 4. The van der Waals surface area contributed by atoms with E-state index in [4.69, 9.17) is 24.8 Å². The van der Waals surface area contributed by atoms with Gasteiger partial charge in [0.05, 0.1) is 6.10 Å². The molecule has 3 aromatic carbocycles. The topological polar surface area (TPSA) is 185 Å². The smallest absolute Gasteiger partial charge is 0.431 e. The molecule has 1 unspecified atom stereocenters.